The highest BCUT2D eigenvalue weighted by Crippen LogP contribution is 2.25. The summed E-state index contributed by atoms with van der Waals surface area (Å²) in [5, 5.41) is 0. The molecule has 0 spiro atoms. The highest BCUT2D eigenvalue weighted by Gasteiger charge is 2.36. The van der Waals surface area contributed by atoms with Gasteiger partial charge in [0.1, 0.15) is 0 Å². The topological polar surface area (TPSA) is 49.6 Å². The molecule has 0 aliphatic carbocycles. The summed E-state index contributed by atoms with van der Waals surface area (Å²) < 4.78 is 0. The smallest absolute Gasteiger partial charge is 0.239 e. The number of amides is 1. The van der Waals surface area contributed by atoms with E-state index in [1.807, 2.05) is 4.90 Å². The van der Waals surface area contributed by atoms with Gasteiger partial charge >= 0.3 is 0 Å². The van der Waals surface area contributed by atoms with Crippen LogP contribution >= 0.6 is 24.8 Å². The van der Waals surface area contributed by atoms with Crippen molar-refractivity contribution in [1.82, 2.24) is 9.80 Å². The number of carbonyl (C=O) groups is 1. The molecule has 0 radical (unpaired) electrons. The zero-order chi connectivity index (χ0) is 15.7. The lowest BCUT2D eigenvalue weighted by Gasteiger charge is -2.35. The SMILES string of the molecule is CC(C(=O)N1CC(CN)CC1C)N1CCc2ccccc2C1.Cl.Cl. The fourth-order valence-electron chi connectivity index (χ4n) is 3.86. The fourth-order valence-corrected chi connectivity index (χ4v) is 3.86. The Balaban J connectivity index is 0.00000144. The van der Waals surface area contributed by atoms with Crippen LogP contribution in [0.2, 0.25) is 0 Å². The van der Waals surface area contributed by atoms with Gasteiger partial charge in [0.15, 0.2) is 0 Å². The van der Waals surface area contributed by atoms with E-state index < -0.39 is 0 Å². The van der Waals surface area contributed by atoms with Crippen molar-refractivity contribution < 1.29 is 4.79 Å². The van der Waals surface area contributed by atoms with Gasteiger partial charge in [-0.2, -0.15) is 0 Å². The van der Waals surface area contributed by atoms with Crippen LogP contribution in [0.25, 0.3) is 0 Å². The van der Waals surface area contributed by atoms with E-state index in [-0.39, 0.29) is 36.8 Å². The molecule has 1 aromatic carbocycles. The van der Waals surface area contributed by atoms with Crippen LogP contribution in [0.4, 0.5) is 0 Å². The molecule has 1 fully saturated rings. The van der Waals surface area contributed by atoms with Crippen molar-refractivity contribution in [2.24, 2.45) is 11.7 Å². The molecule has 3 atom stereocenters. The van der Waals surface area contributed by atoms with Gasteiger partial charge in [-0.25, -0.2) is 0 Å². The predicted octanol–water partition coefficient (Wildman–Crippen LogP) is 2.47. The summed E-state index contributed by atoms with van der Waals surface area (Å²) in [5.74, 6) is 0.732. The first-order valence-electron chi connectivity index (χ1n) is 8.41. The first-order valence-corrected chi connectivity index (χ1v) is 8.41. The fraction of sp³-hybridized carbons (Fsp3) is 0.611. The van der Waals surface area contributed by atoms with Crippen molar-refractivity contribution in [3.63, 3.8) is 0 Å². The number of rotatable bonds is 3. The van der Waals surface area contributed by atoms with Gasteiger partial charge < -0.3 is 10.6 Å². The predicted molar refractivity (Wildman–Crippen MR) is 103 cm³/mol. The summed E-state index contributed by atoms with van der Waals surface area (Å²) in [5.41, 5.74) is 8.57. The number of nitrogens with two attached hydrogens (primary N) is 1. The van der Waals surface area contributed by atoms with Gasteiger partial charge in [-0.15, -0.1) is 24.8 Å². The van der Waals surface area contributed by atoms with Crippen molar-refractivity contribution in [3.8, 4) is 0 Å². The van der Waals surface area contributed by atoms with E-state index in [2.05, 4.69) is 43.0 Å². The van der Waals surface area contributed by atoms with Crippen molar-refractivity contribution in [2.45, 2.75) is 45.3 Å². The van der Waals surface area contributed by atoms with Gasteiger partial charge in [0.25, 0.3) is 0 Å². The van der Waals surface area contributed by atoms with E-state index >= 15 is 0 Å². The van der Waals surface area contributed by atoms with Crippen LogP contribution in [0, 0.1) is 5.92 Å². The Morgan fingerprint density at radius 1 is 1.29 bits per heavy atom. The zero-order valence-corrected chi connectivity index (χ0v) is 16.1. The van der Waals surface area contributed by atoms with E-state index in [0.29, 0.717) is 18.5 Å². The molecule has 0 saturated carbocycles. The lowest BCUT2D eigenvalue weighted by atomic mass is 9.98. The van der Waals surface area contributed by atoms with Crippen LogP contribution in [-0.2, 0) is 17.8 Å². The summed E-state index contributed by atoms with van der Waals surface area (Å²) >= 11 is 0. The highest BCUT2D eigenvalue weighted by molar-refractivity contribution is 5.85. The molecule has 1 amide bonds. The van der Waals surface area contributed by atoms with Gasteiger partial charge in [-0.3, -0.25) is 9.69 Å². The number of carbonyl (C=O) groups excluding carboxylic acids is 1. The van der Waals surface area contributed by atoms with E-state index in [0.717, 1.165) is 32.5 Å². The molecular formula is C18H29Cl2N3O. The Labute approximate surface area is 157 Å². The molecule has 4 nitrogen and oxygen atoms in total. The molecule has 0 aromatic heterocycles. The molecule has 2 N–H and O–H groups in total. The molecular weight excluding hydrogens is 345 g/mol. The van der Waals surface area contributed by atoms with Crippen LogP contribution in [0.5, 0.6) is 0 Å². The van der Waals surface area contributed by atoms with Crippen LogP contribution in [0.3, 0.4) is 0 Å². The molecule has 3 rings (SSSR count). The van der Waals surface area contributed by atoms with Crippen molar-refractivity contribution in [2.75, 3.05) is 19.6 Å². The molecule has 0 bridgehead atoms. The average Bonchev–Trinajstić information content (AvgIpc) is 2.94. The Morgan fingerprint density at radius 3 is 2.58 bits per heavy atom. The summed E-state index contributed by atoms with van der Waals surface area (Å²) in [7, 11) is 0. The molecule has 2 aliphatic rings. The van der Waals surface area contributed by atoms with E-state index in [9.17, 15) is 4.79 Å². The Morgan fingerprint density at radius 2 is 1.96 bits per heavy atom. The lowest BCUT2D eigenvalue weighted by molar-refractivity contribution is -0.137. The largest absolute Gasteiger partial charge is 0.338 e. The molecule has 24 heavy (non-hydrogen) atoms. The second kappa shape index (κ2) is 9.04. The first-order chi connectivity index (χ1) is 10.6. The number of benzene rings is 1. The third-order valence-electron chi connectivity index (χ3n) is 5.34. The third-order valence-corrected chi connectivity index (χ3v) is 5.34. The summed E-state index contributed by atoms with van der Waals surface area (Å²) in [6.45, 7) is 7.55. The number of fused-ring (bicyclic) bond motifs is 1. The molecule has 136 valence electrons. The minimum Gasteiger partial charge on any atom is -0.338 e. The maximum absolute atomic E-state index is 12.9. The van der Waals surface area contributed by atoms with Crippen LogP contribution in [-0.4, -0.2) is 47.4 Å². The Kier molecular flexibility index (Phi) is 8.00. The number of hydrogen-bond acceptors (Lipinski definition) is 3. The van der Waals surface area contributed by atoms with Crippen LogP contribution < -0.4 is 5.73 Å². The van der Waals surface area contributed by atoms with Crippen LogP contribution in [0.1, 0.15) is 31.4 Å². The molecule has 1 aromatic rings. The molecule has 2 heterocycles. The van der Waals surface area contributed by atoms with Crippen molar-refractivity contribution in [3.05, 3.63) is 35.4 Å². The monoisotopic (exact) mass is 373 g/mol. The summed E-state index contributed by atoms with van der Waals surface area (Å²) in [6.07, 6.45) is 2.08. The maximum atomic E-state index is 12.9. The van der Waals surface area contributed by atoms with E-state index in [4.69, 9.17) is 5.73 Å². The second-order valence-electron chi connectivity index (χ2n) is 6.84. The first kappa shape index (κ1) is 21.2. The minimum atomic E-state index is -0.0488. The molecule has 6 heteroatoms. The maximum Gasteiger partial charge on any atom is 0.239 e. The number of likely N-dealkylation sites (tertiary alicyclic amines) is 1. The average molecular weight is 374 g/mol. The lowest BCUT2D eigenvalue weighted by Crippen LogP contribution is -2.49. The van der Waals surface area contributed by atoms with Gasteiger partial charge in [-0.05, 0) is 50.3 Å². The standard InChI is InChI=1S/C18H27N3O.2ClH/c1-13-9-15(10-19)11-21(13)18(22)14(2)20-8-7-16-5-3-4-6-17(16)12-20;;/h3-6,13-15H,7-12,19H2,1-2H3;2*1H. The van der Waals surface area contributed by atoms with Gasteiger partial charge in [0, 0.05) is 25.7 Å². The van der Waals surface area contributed by atoms with E-state index in [1.165, 1.54) is 11.1 Å². The summed E-state index contributed by atoms with van der Waals surface area (Å²) in [4.78, 5) is 17.2. The normalized spacial score (nSPS) is 24.5. The van der Waals surface area contributed by atoms with Crippen molar-refractivity contribution >= 4 is 30.7 Å². The van der Waals surface area contributed by atoms with Gasteiger partial charge in [0.05, 0.1) is 6.04 Å². The second-order valence-corrected chi connectivity index (χ2v) is 6.84. The van der Waals surface area contributed by atoms with Crippen molar-refractivity contribution in [1.29, 1.82) is 0 Å². The number of hydrogen-bond donors (Lipinski definition) is 1. The third kappa shape index (κ3) is 4.23. The number of nitrogens with zero attached hydrogens (tertiary/aromatic N) is 2. The molecule has 1 saturated heterocycles. The van der Waals surface area contributed by atoms with E-state index in [1.54, 1.807) is 0 Å². The van der Waals surface area contributed by atoms with Gasteiger partial charge in [0.2, 0.25) is 5.91 Å². The number of halogens is 2. The Bertz CT molecular complexity index is 555. The zero-order valence-electron chi connectivity index (χ0n) is 14.5. The highest BCUT2D eigenvalue weighted by atomic mass is 35.5. The van der Waals surface area contributed by atoms with Crippen LogP contribution in [0.15, 0.2) is 24.3 Å². The Hall–Kier alpha value is -0.810. The van der Waals surface area contributed by atoms with Gasteiger partial charge in [-0.1, -0.05) is 24.3 Å². The summed E-state index contributed by atoms with van der Waals surface area (Å²) in [6, 6.07) is 8.84. The quantitative estimate of drug-likeness (QED) is 0.884. The molecule has 3 unspecified atom stereocenters. The minimum absolute atomic E-state index is 0. The molecule has 2 aliphatic heterocycles.